The van der Waals surface area contributed by atoms with E-state index in [0.29, 0.717) is 5.02 Å². The summed E-state index contributed by atoms with van der Waals surface area (Å²) in [6, 6.07) is 18.0. The lowest BCUT2D eigenvalue weighted by molar-refractivity contribution is -0.0671. The number of amidine groups is 1. The molecule has 5 heteroatoms. The fraction of sp³-hybridized carbons (Fsp3) is 0.316. The number of thioether (sulfide) groups is 1. The molecule has 2 aliphatic rings. The van der Waals surface area contributed by atoms with E-state index in [-0.39, 0.29) is 5.25 Å². The van der Waals surface area contributed by atoms with Crippen LogP contribution in [0.2, 0.25) is 5.02 Å². The maximum absolute atomic E-state index is 11.7. The number of halogens is 1. The van der Waals surface area contributed by atoms with Crippen LogP contribution in [0, 0.1) is 0 Å². The van der Waals surface area contributed by atoms with Crippen molar-refractivity contribution < 1.29 is 5.11 Å². The molecule has 2 heterocycles. The molecule has 0 bridgehead atoms. The van der Waals surface area contributed by atoms with Gasteiger partial charge < -0.3 is 10.0 Å². The maximum Gasteiger partial charge on any atom is 0.178 e. The second-order valence-electron chi connectivity index (χ2n) is 6.18. The number of fused-ring (bicyclic) bond motifs is 1. The first-order chi connectivity index (χ1) is 11.7. The van der Waals surface area contributed by atoms with Crippen molar-refractivity contribution in [3.8, 4) is 0 Å². The standard InChI is InChI=1S/C19H19ClN2OS/c20-16-8-4-7-15(13-16)19(23)17(24-18-21-11-12-22(18)19)10-9-14-5-2-1-3-6-14/h1-8,13,17,23H,9-12H2. The van der Waals surface area contributed by atoms with E-state index in [1.165, 1.54) is 5.56 Å². The highest BCUT2D eigenvalue weighted by atomic mass is 35.5. The van der Waals surface area contributed by atoms with Gasteiger partial charge in [0.25, 0.3) is 0 Å². The smallest absolute Gasteiger partial charge is 0.178 e. The van der Waals surface area contributed by atoms with Gasteiger partial charge in [-0.3, -0.25) is 4.99 Å². The van der Waals surface area contributed by atoms with Gasteiger partial charge >= 0.3 is 0 Å². The average Bonchev–Trinajstić information content (AvgIpc) is 3.16. The number of hydrogen-bond donors (Lipinski definition) is 1. The van der Waals surface area contributed by atoms with Crippen LogP contribution in [-0.2, 0) is 12.1 Å². The molecule has 2 unspecified atom stereocenters. The highest BCUT2D eigenvalue weighted by Crippen LogP contribution is 2.48. The van der Waals surface area contributed by atoms with Crippen LogP contribution in [0.4, 0.5) is 0 Å². The van der Waals surface area contributed by atoms with E-state index in [1.807, 2.05) is 35.2 Å². The molecule has 0 spiro atoms. The van der Waals surface area contributed by atoms with Crippen LogP contribution in [0.1, 0.15) is 17.5 Å². The minimum absolute atomic E-state index is 0.0372. The van der Waals surface area contributed by atoms with Gasteiger partial charge in [0.05, 0.1) is 11.8 Å². The second kappa shape index (κ2) is 6.43. The van der Waals surface area contributed by atoms with Crippen molar-refractivity contribution >= 4 is 28.5 Å². The largest absolute Gasteiger partial charge is 0.366 e. The number of aliphatic hydroxyl groups is 1. The van der Waals surface area contributed by atoms with Crippen LogP contribution in [-0.4, -0.2) is 33.5 Å². The summed E-state index contributed by atoms with van der Waals surface area (Å²) in [5.41, 5.74) is 1.10. The Morgan fingerprint density at radius 1 is 1.21 bits per heavy atom. The molecule has 0 saturated carbocycles. The van der Waals surface area contributed by atoms with E-state index in [9.17, 15) is 5.11 Å². The van der Waals surface area contributed by atoms with Crippen molar-refractivity contribution in [1.29, 1.82) is 0 Å². The number of hydrogen-bond acceptors (Lipinski definition) is 4. The summed E-state index contributed by atoms with van der Waals surface area (Å²) in [5.74, 6) is 0. The zero-order valence-electron chi connectivity index (χ0n) is 13.2. The molecule has 2 aromatic rings. The van der Waals surface area contributed by atoms with Crippen molar-refractivity contribution in [2.45, 2.75) is 23.8 Å². The van der Waals surface area contributed by atoms with E-state index < -0.39 is 5.72 Å². The molecule has 4 rings (SSSR count). The van der Waals surface area contributed by atoms with Crippen molar-refractivity contribution in [3.63, 3.8) is 0 Å². The third kappa shape index (κ3) is 2.73. The van der Waals surface area contributed by atoms with Crippen molar-refractivity contribution in [3.05, 3.63) is 70.7 Å². The van der Waals surface area contributed by atoms with Crippen LogP contribution in [0.25, 0.3) is 0 Å². The Labute approximate surface area is 151 Å². The summed E-state index contributed by atoms with van der Waals surface area (Å²) in [4.78, 5) is 6.60. The van der Waals surface area contributed by atoms with Gasteiger partial charge in [0.2, 0.25) is 0 Å². The molecule has 24 heavy (non-hydrogen) atoms. The topological polar surface area (TPSA) is 35.8 Å². The number of nitrogens with zero attached hydrogens (tertiary/aromatic N) is 2. The third-order valence-electron chi connectivity index (χ3n) is 4.70. The molecule has 3 nitrogen and oxygen atoms in total. The lowest BCUT2D eigenvalue weighted by atomic mass is 9.93. The number of aliphatic imine (C=N–C) groups is 1. The molecule has 124 valence electrons. The first kappa shape index (κ1) is 16.0. The second-order valence-corrected chi connectivity index (χ2v) is 7.79. The van der Waals surface area contributed by atoms with E-state index in [2.05, 4.69) is 29.3 Å². The SMILES string of the molecule is OC1(c2cccc(Cl)c2)C(CCc2ccccc2)SC2=NCCN21. The normalized spacial score (nSPS) is 25.7. The molecule has 1 saturated heterocycles. The van der Waals surface area contributed by atoms with Gasteiger partial charge in [0.1, 0.15) is 0 Å². The van der Waals surface area contributed by atoms with Crippen molar-refractivity contribution in [1.82, 2.24) is 4.90 Å². The van der Waals surface area contributed by atoms with Gasteiger partial charge in [-0.05, 0) is 30.5 Å². The summed E-state index contributed by atoms with van der Waals surface area (Å²) in [6.07, 6.45) is 1.82. The summed E-state index contributed by atoms with van der Waals surface area (Å²) >= 11 is 7.87. The molecule has 0 radical (unpaired) electrons. The van der Waals surface area contributed by atoms with Gasteiger partial charge in [-0.2, -0.15) is 0 Å². The van der Waals surface area contributed by atoms with Crippen LogP contribution in [0.15, 0.2) is 59.6 Å². The van der Waals surface area contributed by atoms with E-state index in [0.717, 1.165) is 36.7 Å². The lowest BCUT2D eigenvalue weighted by Crippen LogP contribution is -2.48. The van der Waals surface area contributed by atoms with Crippen LogP contribution >= 0.6 is 23.4 Å². The van der Waals surface area contributed by atoms with E-state index in [1.54, 1.807) is 11.8 Å². The minimum Gasteiger partial charge on any atom is -0.366 e. The molecule has 2 aromatic carbocycles. The predicted octanol–water partition coefficient (Wildman–Crippen LogP) is 3.90. The molecule has 0 aliphatic carbocycles. The van der Waals surface area contributed by atoms with Gasteiger partial charge in [0.15, 0.2) is 10.9 Å². The highest BCUT2D eigenvalue weighted by Gasteiger charge is 2.53. The zero-order valence-corrected chi connectivity index (χ0v) is 14.8. The summed E-state index contributed by atoms with van der Waals surface area (Å²) in [7, 11) is 0. The third-order valence-corrected chi connectivity index (χ3v) is 6.34. The van der Waals surface area contributed by atoms with Gasteiger partial charge in [-0.25, -0.2) is 0 Å². The van der Waals surface area contributed by atoms with Crippen molar-refractivity contribution in [2.75, 3.05) is 13.1 Å². The maximum atomic E-state index is 11.7. The fourth-order valence-electron chi connectivity index (χ4n) is 3.49. The van der Waals surface area contributed by atoms with Gasteiger partial charge in [0, 0.05) is 17.1 Å². The quantitative estimate of drug-likeness (QED) is 0.900. The fourth-order valence-corrected chi connectivity index (χ4v) is 5.12. The molecular formula is C19H19ClN2OS. The summed E-state index contributed by atoms with van der Waals surface area (Å²) in [6.45, 7) is 1.50. The van der Waals surface area contributed by atoms with Gasteiger partial charge in [-0.1, -0.05) is 65.8 Å². The number of benzene rings is 2. The number of rotatable bonds is 4. The van der Waals surface area contributed by atoms with E-state index >= 15 is 0 Å². The number of aryl methyl sites for hydroxylation is 1. The Bertz CT molecular complexity index is 767. The predicted molar refractivity (Wildman–Crippen MR) is 100 cm³/mol. The van der Waals surface area contributed by atoms with Crippen molar-refractivity contribution in [2.24, 2.45) is 4.99 Å². The average molecular weight is 359 g/mol. The Hall–Kier alpha value is -1.49. The first-order valence-electron chi connectivity index (χ1n) is 8.19. The minimum atomic E-state index is -1.04. The molecule has 1 N–H and O–H groups in total. The van der Waals surface area contributed by atoms with E-state index in [4.69, 9.17) is 11.6 Å². The Morgan fingerprint density at radius 2 is 2.04 bits per heavy atom. The molecule has 2 atom stereocenters. The monoisotopic (exact) mass is 358 g/mol. The highest BCUT2D eigenvalue weighted by molar-refractivity contribution is 8.14. The molecule has 2 aliphatic heterocycles. The lowest BCUT2D eigenvalue weighted by Gasteiger charge is -2.36. The van der Waals surface area contributed by atoms with Crippen LogP contribution < -0.4 is 0 Å². The zero-order chi connectivity index (χ0) is 16.6. The van der Waals surface area contributed by atoms with Crippen LogP contribution in [0.5, 0.6) is 0 Å². The molecular weight excluding hydrogens is 340 g/mol. The summed E-state index contributed by atoms with van der Waals surface area (Å²) < 4.78 is 0. The first-order valence-corrected chi connectivity index (χ1v) is 9.45. The molecule has 0 aromatic heterocycles. The Kier molecular flexibility index (Phi) is 4.29. The van der Waals surface area contributed by atoms with Crippen LogP contribution in [0.3, 0.4) is 0 Å². The Balaban J connectivity index is 1.64. The summed E-state index contributed by atoms with van der Waals surface area (Å²) in [5, 5.41) is 13.3. The molecule has 1 fully saturated rings. The molecule has 0 amide bonds. The Morgan fingerprint density at radius 3 is 2.83 bits per heavy atom. The van der Waals surface area contributed by atoms with Gasteiger partial charge in [-0.15, -0.1) is 0 Å².